The fraction of sp³-hybridized carbons (Fsp3) is 0.522. The topological polar surface area (TPSA) is 38.3 Å². The summed E-state index contributed by atoms with van der Waals surface area (Å²) < 4.78 is 5.98. The highest BCUT2D eigenvalue weighted by molar-refractivity contribution is 7.09. The molecule has 1 aliphatic carbocycles. The molecule has 1 amide bonds. The second kappa shape index (κ2) is 8.92. The van der Waals surface area contributed by atoms with Crippen LogP contribution in [0.2, 0.25) is 0 Å². The Morgan fingerprint density at radius 3 is 2.89 bits per heavy atom. The lowest BCUT2D eigenvalue weighted by Gasteiger charge is -2.31. The first-order chi connectivity index (χ1) is 13.0. The van der Waals surface area contributed by atoms with Crippen LogP contribution in [0.4, 0.5) is 0 Å². The number of carbonyl (C=O) groups excluding carboxylic acids is 1. The van der Waals surface area contributed by atoms with Crippen molar-refractivity contribution in [3.05, 3.63) is 50.7 Å². The Morgan fingerprint density at radius 2 is 2.19 bits per heavy atom. The minimum Gasteiger partial charge on any atom is -0.493 e. The number of hydrogen-bond acceptors (Lipinski definition) is 3. The van der Waals surface area contributed by atoms with Crippen LogP contribution in [0, 0.1) is 25.7 Å². The molecule has 146 valence electrons. The molecule has 0 radical (unpaired) electrons. The molecule has 0 saturated carbocycles. The Morgan fingerprint density at radius 1 is 1.37 bits per heavy atom. The van der Waals surface area contributed by atoms with Crippen LogP contribution in [0.15, 0.2) is 23.6 Å². The fourth-order valence-corrected chi connectivity index (χ4v) is 4.72. The molecule has 1 heterocycles. The van der Waals surface area contributed by atoms with Gasteiger partial charge in [-0.1, -0.05) is 19.9 Å². The SMILES string of the molecule is CCCOc1cc(C)c2c(c1C)C[C@H]([C@H](C)C(=O)NCc1cccs1)CC2. The lowest BCUT2D eigenvalue weighted by molar-refractivity contribution is -0.126. The van der Waals surface area contributed by atoms with Gasteiger partial charge in [0.15, 0.2) is 0 Å². The summed E-state index contributed by atoms with van der Waals surface area (Å²) in [5, 5.41) is 5.17. The standard InChI is InChI=1S/C23H31NO2S/c1-5-10-26-22-12-15(2)20-9-8-18(13-21(20)17(22)4)16(3)23(25)24-14-19-7-6-11-27-19/h6-7,11-12,16,18H,5,8-10,13-14H2,1-4H3,(H,24,25)/t16-,18+/m0/s1. The zero-order chi connectivity index (χ0) is 19.4. The van der Waals surface area contributed by atoms with Crippen LogP contribution < -0.4 is 10.1 Å². The van der Waals surface area contributed by atoms with Gasteiger partial charge in [-0.15, -0.1) is 11.3 Å². The van der Waals surface area contributed by atoms with Gasteiger partial charge in [0.25, 0.3) is 0 Å². The van der Waals surface area contributed by atoms with Crippen molar-refractivity contribution in [3.8, 4) is 5.75 Å². The van der Waals surface area contributed by atoms with Gasteiger partial charge in [-0.25, -0.2) is 0 Å². The first-order valence-electron chi connectivity index (χ1n) is 10.1. The van der Waals surface area contributed by atoms with Gasteiger partial charge in [0, 0.05) is 10.8 Å². The minimum atomic E-state index is 0.0260. The van der Waals surface area contributed by atoms with E-state index in [0.29, 0.717) is 12.5 Å². The number of amides is 1. The lowest BCUT2D eigenvalue weighted by Crippen LogP contribution is -2.35. The maximum absolute atomic E-state index is 12.7. The average molecular weight is 386 g/mol. The summed E-state index contributed by atoms with van der Waals surface area (Å²) in [7, 11) is 0. The van der Waals surface area contributed by atoms with Crippen molar-refractivity contribution in [2.75, 3.05) is 6.61 Å². The van der Waals surface area contributed by atoms with Gasteiger partial charge in [-0.05, 0) is 85.2 Å². The van der Waals surface area contributed by atoms with E-state index in [1.165, 1.54) is 27.1 Å². The van der Waals surface area contributed by atoms with Crippen molar-refractivity contribution in [2.24, 2.45) is 11.8 Å². The summed E-state index contributed by atoms with van der Waals surface area (Å²) >= 11 is 1.69. The highest BCUT2D eigenvalue weighted by Gasteiger charge is 2.30. The van der Waals surface area contributed by atoms with Gasteiger partial charge in [-0.2, -0.15) is 0 Å². The third kappa shape index (κ3) is 4.55. The Kier molecular flexibility index (Phi) is 6.59. The smallest absolute Gasteiger partial charge is 0.223 e. The number of rotatable bonds is 7. The van der Waals surface area contributed by atoms with Crippen LogP contribution in [0.25, 0.3) is 0 Å². The molecule has 2 atom stereocenters. The van der Waals surface area contributed by atoms with Crippen molar-refractivity contribution < 1.29 is 9.53 Å². The first kappa shape index (κ1) is 19.9. The highest BCUT2D eigenvalue weighted by Crippen LogP contribution is 2.37. The van der Waals surface area contributed by atoms with E-state index in [-0.39, 0.29) is 11.8 Å². The normalized spacial score (nSPS) is 17.3. The summed E-state index contributed by atoms with van der Waals surface area (Å²) in [5.41, 5.74) is 5.48. The number of nitrogens with one attached hydrogen (secondary N) is 1. The number of ether oxygens (including phenoxy) is 1. The van der Waals surface area contributed by atoms with Crippen molar-refractivity contribution in [1.29, 1.82) is 0 Å². The number of benzene rings is 1. The Labute approximate surface area is 167 Å². The van der Waals surface area contributed by atoms with E-state index in [2.05, 4.69) is 45.1 Å². The lowest BCUT2D eigenvalue weighted by atomic mass is 9.74. The summed E-state index contributed by atoms with van der Waals surface area (Å²) in [5.74, 6) is 1.60. The molecule has 3 nitrogen and oxygen atoms in total. The molecule has 1 aromatic carbocycles. The molecule has 2 aromatic rings. The summed E-state index contributed by atoms with van der Waals surface area (Å²) in [6, 6.07) is 6.29. The molecule has 4 heteroatoms. The van der Waals surface area contributed by atoms with Crippen molar-refractivity contribution >= 4 is 17.2 Å². The Balaban J connectivity index is 1.70. The van der Waals surface area contributed by atoms with Crippen LogP contribution in [-0.2, 0) is 24.2 Å². The zero-order valence-corrected chi connectivity index (χ0v) is 17.7. The van der Waals surface area contributed by atoms with Gasteiger partial charge in [0.2, 0.25) is 5.91 Å². The second-order valence-corrected chi connectivity index (χ2v) is 8.74. The minimum absolute atomic E-state index is 0.0260. The van der Waals surface area contributed by atoms with E-state index in [0.717, 1.165) is 38.0 Å². The third-order valence-corrected chi connectivity index (χ3v) is 6.72. The molecule has 0 saturated heterocycles. The van der Waals surface area contributed by atoms with E-state index in [1.54, 1.807) is 11.3 Å². The molecule has 0 spiro atoms. The van der Waals surface area contributed by atoms with Crippen LogP contribution in [0.3, 0.4) is 0 Å². The van der Waals surface area contributed by atoms with Crippen molar-refractivity contribution in [3.63, 3.8) is 0 Å². The van der Waals surface area contributed by atoms with E-state index >= 15 is 0 Å². The third-order valence-electron chi connectivity index (χ3n) is 5.84. The molecule has 0 aliphatic heterocycles. The first-order valence-corrected chi connectivity index (χ1v) is 10.9. The molecule has 1 aromatic heterocycles. The quantitative estimate of drug-likeness (QED) is 0.710. The molecule has 3 rings (SSSR count). The van der Waals surface area contributed by atoms with E-state index in [1.807, 2.05) is 11.4 Å². The summed E-state index contributed by atoms with van der Waals surface area (Å²) in [6.07, 6.45) is 4.12. The second-order valence-electron chi connectivity index (χ2n) is 7.71. The van der Waals surface area contributed by atoms with E-state index in [4.69, 9.17) is 4.74 Å². The zero-order valence-electron chi connectivity index (χ0n) is 16.9. The summed E-state index contributed by atoms with van der Waals surface area (Å²) in [6.45, 7) is 9.97. The van der Waals surface area contributed by atoms with Crippen LogP contribution in [0.5, 0.6) is 5.75 Å². The molecule has 0 fully saturated rings. The average Bonchev–Trinajstić information content (AvgIpc) is 3.20. The highest BCUT2D eigenvalue weighted by atomic mass is 32.1. The predicted octanol–water partition coefficient (Wildman–Crippen LogP) is 5.21. The maximum Gasteiger partial charge on any atom is 0.223 e. The fourth-order valence-electron chi connectivity index (χ4n) is 4.07. The van der Waals surface area contributed by atoms with Crippen LogP contribution in [-0.4, -0.2) is 12.5 Å². The number of hydrogen-bond donors (Lipinski definition) is 1. The molecular formula is C23H31NO2S. The van der Waals surface area contributed by atoms with Crippen molar-refractivity contribution in [1.82, 2.24) is 5.32 Å². The largest absolute Gasteiger partial charge is 0.493 e. The molecule has 1 aliphatic rings. The van der Waals surface area contributed by atoms with E-state index in [9.17, 15) is 4.79 Å². The predicted molar refractivity (Wildman–Crippen MR) is 113 cm³/mol. The monoisotopic (exact) mass is 385 g/mol. The number of carbonyl (C=O) groups is 1. The van der Waals surface area contributed by atoms with Gasteiger partial charge in [0.05, 0.1) is 13.2 Å². The van der Waals surface area contributed by atoms with Crippen LogP contribution in [0.1, 0.15) is 53.8 Å². The van der Waals surface area contributed by atoms with Crippen molar-refractivity contribution in [2.45, 2.75) is 59.9 Å². The van der Waals surface area contributed by atoms with Crippen LogP contribution >= 0.6 is 11.3 Å². The van der Waals surface area contributed by atoms with Gasteiger partial charge >= 0.3 is 0 Å². The molecular weight excluding hydrogens is 354 g/mol. The molecule has 0 unspecified atom stereocenters. The summed E-state index contributed by atoms with van der Waals surface area (Å²) in [4.78, 5) is 13.9. The van der Waals surface area contributed by atoms with Gasteiger partial charge < -0.3 is 10.1 Å². The van der Waals surface area contributed by atoms with Gasteiger partial charge in [0.1, 0.15) is 5.75 Å². The Bertz CT molecular complexity index is 782. The Hall–Kier alpha value is -1.81. The number of aryl methyl sites for hydroxylation is 1. The molecule has 0 bridgehead atoms. The van der Waals surface area contributed by atoms with E-state index < -0.39 is 0 Å². The molecule has 1 N–H and O–H groups in total. The number of thiophene rings is 1. The van der Waals surface area contributed by atoms with Gasteiger partial charge in [-0.3, -0.25) is 4.79 Å². The molecule has 27 heavy (non-hydrogen) atoms. The maximum atomic E-state index is 12.7. The number of fused-ring (bicyclic) bond motifs is 1.